The van der Waals surface area contributed by atoms with Crippen molar-refractivity contribution >= 4 is 22.8 Å². The fraction of sp³-hybridized carbons (Fsp3) is 0.294. The smallest absolute Gasteiger partial charge is 0.164 e. The Morgan fingerprint density at radius 3 is 2.62 bits per heavy atom. The quantitative estimate of drug-likeness (QED) is 0.663. The van der Waals surface area contributed by atoms with Crippen LogP contribution in [0, 0.1) is 0 Å². The van der Waals surface area contributed by atoms with Gasteiger partial charge >= 0.3 is 0 Å². The molecule has 0 atom stereocenters. The Bertz CT molecular complexity index is 731. The number of benzene rings is 1. The second-order valence-corrected chi connectivity index (χ2v) is 5.44. The fourth-order valence-corrected chi connectivity index (χ4v) is 2.75. The fourth-order valence-electron chi connectivity index (χ4n) is 2.58. The van der Waals surface area contributed by atoms with Gasteiger partial charge in [-0.25, -0.2) is 9.97 Å². The van der Waals surface area contributed by atoms with Gasteiger partial charge < -0.3 is 0 Å². The predicted molar refractivity (Wildman–Crippen MR) is 87.3 cm³/mol. The molecule has 0 unspecified atom stereocenters. The first-order valence-corrected chi connectivity index (χ1v) is 7.84. The number of aryl methyl sites for hydroxylation is 2. The topological polar surface area (TPSA) is 30.7 Å². The lowest BCUT2D eigenvalue weighted by Gasteiger charge is -2.09. The minimum absolute atomic E-state index is 0.553. The molecule has 1 aromatic carbocycles. The normalized spacial score (nSPS) is 11.1. The van der Waals surface area contributed by atoms with E-state index in [1.807, 2.05) is 12.1 Å². The Balaban J connectivity index is 2.11. The van der Waals surface area contributed by atoms with Crippen molar-refractivity contribution in [1.82, 2.24) is 14.5 Å². The number of halogens is 1. The van der Waals surface area contributed by atoms with Crippen LogP contribution in [0.4, 0.5) is 0 Å². The molecule has 0 amide bonds. The molecule has 21 heavy (non-hydrogen) atoms. The average molecular weight is 300 g/mol. The summed E-state index contributed by atoms with van der Waals surface area (Å²) in [5.74, 6) is 1.51. The number of imidazole rings is 1. The second kappa shape index (κ2) is 6.27. The molecule has 0 saturated heterocycles. The van der Waals surface area contributed by atoms with Crippen molar-refractivity contribution < 1.29 is 0 Å². The Morgan fingerprint density at radius 2 is 1.90 bits per heavy atom. The highest BCUT2D eigenvalue weighted by molar-refractivity contribution is 6.17. The van der Waals surface area contributed by atoms with E-state index in [1.165, 1.54) is 5.56 Å². The van der Waals surface area contributed by atoms with Crippen molar-refractivity contribution in [2.24, 2.45) is 0 Å². The zero-order chi connectivity index (χ0) is 14.7. The first kappa shape index (κ1) is 14.1. The number of alkyl halides is 1. The van der Waals surface area contributed by atoms with Crippen LogP contribution in [0.3, 0.4) is 0 Å². The number of aromatic nitrogens is 3. The maximum atomic E-state index is 5.92. The van der Waals surface area contributed by atoms with Gasteiger partial charge in [-0.15, -0.1) is 11.6 Å². The minimum atomic E-state index is 0.553. The van der Waals surface area contributed by atoms with Gasteiger partial charge in [0.2, 0.25) is 0 Å². The van der Waals surface area contributed by atoms with E-state index in [0.29, 0.717) is 5.88 Å². The first-order valence-electron chi connectivity index (χ1n) is 7.31. The van der Waals surface area contributed by atoms with Crippen LogP contribution in [-0.2, 0) is 12.8 Å². The van der Waals surface area contributed by atoms with Crippen LogP contribution in [0.2, 0.25) is 0 Å². The molecule has 0 spiro atoms. The van der Waals surface area contributed by atoms with Gasteiger partial charge in [0, 0.05) is 24.2 Å². The number of hydrogen-bond donors (Lipinski definition) is 0. The molecular weight excluding hydrogens is 282 g/mol. The summed E-state index contributed by atoms with van der Waals surface area (Å²) < 4.78 is 2.10. The van der Waals surface area contributed by atoms with E-state index in [-0.39, 0.29) is 0 Å². The number of hydrogen-bond acceptors (Lipinski definition) is 2. The van der Waals surface area contributed by atoms with Crippen LogP contribution in [0.1, 0.15) is 24.7 Å². The molecule has 0 fully saturated rings. The van der Waals surface area contributed by atoms with Crippen LogP contribution in [-0.4, -0.2) is 20.4 Å². The van der Waals surface area contributed by atoms with Crippen molar-refractivity contribution in [2.75, 3.05) is 5.88 Å². The highest BCUT2D eigenvalue weighted by Crippen LogP contribution is 2.21. The van der Waals surface area contributed by atoms with E-state index in [1.54, 1.807) is 6.20 Å². The third-order valence-electron chi connectivity index (χ3n) is 3.54. The van der Waals surface area contributed by atoms with Gasteiger partial charge in [-0.3, -0.25) is 4.57 Å². The van der Waals surface area contributed by atoms with E-state index >= 15 is 0 Å². The van der Waals surface area contributed by atoms with E-state index in [4.69, 9.17) is 11.6 Å². The SMILES string of the molecule is CCCc1ccc(-n2c(CCCl)nc3cccnc32)cc1. The van der Waals surface area contributed by atoms with E-state index in [0.717, 1.165) is 41.9 Å². The number of nitrogens with zero attached hydrogens (tertiary/aromatic N) is 3. The first-order chi connectivity index (χ1) is 10.3. The molecule has 2 heterocycles. The van der Waals surface area contributed by atoms with Gasteiger partial charge in [0.25, 0.3) is 0 Å². The van der Waals surface area contributed by atoms with Crippen LogP contribution in [0.25, 0.3) is 16.9 Å². The van der Waals surface area contributed by atoms with Crippen LogP contribution >= 0.6 is 11.6 Å². The van der Waals surface area contributed by atoms with Crippen LogP contribution < -0.4 is 0 Å². The van der Waals surface area contributed by atoms with Crippen molar-refractivity contribution in [2.45, 2.75) is 26.2 Å². The highest BCUT2D eigenvalue weighted by Gasteiger charge is 2.12. The zero-order valence-corrected chi connectivity index (χ0v) is 12.8. The lowest BCUT2D eigenvalue weighted by molar-refractivity contribution is 0.897. The number of pyridine rings is 1. The van der Waals surface area contributed by atoms with Gasteiger partial charge in [-0.1, -0.05) is 25.5 Å². The molecule has 0 aliphatic heterocycles. The molecule has 0 aliphatic carbocycles. The molecule has 108 valence electrons. The zero-order valence-electron chi connectivity index (χ0n) is 12.1. The molecule has 0 aliphatic rings. The van der Waals surface area contributed by atoms with Gasteiger partial charge in [0.15, 0.2) is 5.65 Å². The Kier molecular flexibility index (Phi) is 4.20. The van der Waals surface area contributed by atoms with Crippen molar-refractivity contribution in [3.05, 3.63) is 54.0 Å². The number of rotatable bonds is 5. The summed E-state index contributed by atoms with van der Waals surface area (Å²) in [6.07, 6.45) is 4.80. The molecule has 3 aromatic rings. The molecule has 3 rings (SSSR count). The van der Waals surface area contributed by atoms with Crippen LogP contribution in [0.15, 0.2) is 42.6 Å². The van der Waals surface area contributed by atoms with E-state index in [2.05, 4.69) is 45.7 Å². The third-order valence-corrected chi connectivity index (χ3v) is 3.73. The van der Waals surface area contributed by atoms with Crippen LogP contribution in [0.5, 0.6) is 0 Å². The third kappa shape index (κ3) is 2.79. The Labute approximate surface area is 129 Å². The summed E-state index contributed by atoms with van der Waals surface area (Å²) in [6, 6.07) is 12.5. The maximum absolute atomic E-state index is 5.92. The van der Waals surface area contributed by atoms with Crippen molar-refractivity contribution in [3.8, 4) is 5.69 Å². The van der Waals surface area contributed by atoms with Crippen molar-refractivity contribution in [3.63, 3.8) is 0 Å². The summed E-state index contributed by atoms with van der Waals surface area (Å²) in [7, 11) is 0. The largest absolute Gasteiger partial charge is 0.281 e. The summed E-state index contributed by atoms with van der Waals surface area (Å²) in [6.45, 7) is 2.19. The summed E-state index contributed by atoms with van der Waals surface area (Å²) in [4.78, 5) is 9.13. The molecular formula is C17H18ClN3. The van der Waals surface area contributed by atoms with Gasteiger partial charge in [-0.05, 0) is 36.2 Å². The monoisotopic (exact) mass is 299 g/mol. The van der Waals surface area contributed by atoms with Gasteiger partial charge in [0.1, 0.15) is 11.3 Å². The number of fused-ring (bicyclic) bond motifs is 1. The second-order valence-electron chi connectivity index (χ2n) is 5.07. The Hall–Kier alpha value is -1.87. The predicted octanol–water partition coefficient (Wildman–Crippen LogP) is 4.15. The molecule has 0 radical (unpaired) electrons. The summed E-state index contributed by atoms with van der Waals surface area (Å²) in [5, 5.41) is 0. The molecule has 0 bridgehead atoms. The van der Waals surface area contributed by atoms with E-state index in [9.17, 15) is 0 Å². The van der Waals surface area contributed by atoms with Gasteiger partial charge in [0.05, 0.1) is 0 Å². The molecule has 3 nitrogen and oxygen atoms in total. The average Bonchev–Trinajstić information content (AvgIpc) is 2.87. The summed E-state index contributed by atoms with van der Waals surface area (Å²) >= 11 is 5.92. The summed E-state index contributed by atoms with van der Waals surface area (Å²) in [5.41, 5.74) is 4.25. The van der Waals surface area contributed by atoms with E-state index < -0.39 is 0 Å². The Morgan fingerprint density at radius 1 is 1.10 bits per heavy atom. The van der Waals surface area contributed by atoms with Crippen molar-refractivity contribution in [1.29, 1.82) is 0 Å². The molecule has 4 heteroatoms. The highest BCUT2D eigenvalue weighted by atomic mass is 35.5. The lowest BCUT2D eigenvalue weighted by atomic mass is 10.1. The molecule has 0 saturated carbocycles. The molecule has 0 N–H and O–H groups in total. The standard InChI is InChI=1S/C17H18ClN3/c1-2-4-13-6-8-14(9-7-13)21-16(10-11-18)20-15-5-3-12-19-17(15)21/h3,5-9,12H,2,4,10-11H2,1H3. The minimum Gasteiger partial charge on any atom is -0.281 e. The lowest BCUT2D eigenvalue weighted by Crippen LogP contribution is -2.03. The maximum Gasteiger partial charge on any atom is 0.164 e. The molecule has 2 aromatic heterocycles. The van der Waals surface area contributed by atoms with Gasteiger partial charge in [-0.2, -0.15) is 0 Å².